The van der Waals surface area contributed by atoms with Crippen LogP contribution in [0.5, 0.6) is 0 Å². The van der Waals surface area contributed by atoms with Crippen LogP contribution in [0.1, 0.15) is 23.7 Å². The maximum absolute atomic E-state index is 13.1. The third-order valence-electron chi connectivity index (χ3n) is 5.23. The number of hydrogen-bond donors (Lipinski definition) is 2. The van der Waals surface area contributed by atoms with E-state index in [0.29, 0.717) is 20.1 Å². The number of hydrogen-bond acceptors (Lipinski definition) is 6. The summed E-state index contributed by atoms with van der Waals surface area (Å²) in [6.07, 6.45) is 1.99. The monoisotopic (exact) mass is 514 g/mol. The molecule has 1 amide bonds. The third kappa shape index (κ3) is 6.95. The molecule has 3 rings (SSSR count). The molecule has 0 spiro atoms. The van der Waals surface area contributed by atoms with Gasteiger partial charge in [0.1, 0.15) is 0 Å². The summed E-state index contributed by atoms with van der Waals surface area (Å²) in [7, 11) is 2.28. The average Bonchev–Trinajstić information content (AvgIpc) is 2.85. The van der Waals surface area contributed by atoms with Gasteiger partial charge in [-0.05, 0) is 37.7 Å². The Labute approximate surface area is 209 Å². The minimum Gasteiger partial charge on any atom is -0.324 e. The first-order valence-electron chi connectivity index (χ1n) is 11.0. The first kappa shape index (κ1) is 26.9. The van der Waals surface area contributed by atoms with Crippen molar-refractivity contribution in [3.63, 3.8) is 0 Å². The number of alkyl halides is 3. The maximum atomic E-state index is 13.1. The van der Waals surface area contributed by atoms with Crippen LogP contribution in [-0.2, 0) is 17.4 Å². The van der Waals surface area contributed by atoms with Gasteiger partial charge < -0.3 is 10.6 Å². The van der Waals surface area contributed by atoms with Crippen molar-refractivity contribution in [2.24, 2.45) is 4.99 Å². The summed E-state index contributed by atoms with van der Waals surface area (Å²) in [4.78, 5) is 29.1. The number of aryl methyl sites for hydroxylation is 1. The SMILES string of the molecule is C/C=C(/Nc1ncc(-c2ccc(CC(=O)Nc3cnc(C)c(C(F)(F)F)c3)cc2)cn1)C(=NC)PC. The van der Waals surface area contributed by atoms with Gasteiger partial charge in [-0.15, -0.1) is 0 Å². The van der Waals surface area contributed by atoms with Gasteiger partial charge in [0.05, 0.1) is 35.0 Å². The Balaban J connectivity index is 1.64. The van der Waals surface area contributed by atoms with Crippen molar-refractivity contribution in [3.05, 3.63) is 77.5 Å². The fourth-order valence-corrected chi connectivity index (χ4v) is 4.09. The molecule has 0 bridgehead atoms. The molecule has 3 aromatic rings. The Morgan fingerprint density at radius 3 is 2.28 bits per heavy atom. The highest BCUT2D eigenvalue weighted by Gasteiger charge is 2.33. The molecular formula is C25H26F3N6OP. The highest BCUT2D eigenvalue weighted by molar-refractivity contribution is 7.58. The second kappa shape index (κ2) is 11.9. The van der Waals surface area contributed by atoms with Crippen molar-refractivity contribution in [2.45, 2.75) is 26.4 Å². The molecule has 2 aromatic heterocycles. The van der Waals surface area contributed by atoms with E-state index >= 15 is 0 Å². The number of aliphatic imine (C=N–C) groups is 1. The fraction of sp³-hybridized carbons (Fsp3) is 0.240. The summed E-state index contributed by atoms with van der Waals surface area (Å²) in [6, 6.07) is 8.11. The lowest BCUT2D eigenvalue weighted by Crippen LogP contribution is -2.16. The number of allylic oxidation sites excluding steroid dienone is 2. The number of pyridine rings is 1. The summed E-state index contributed by atoms with van der Waals surface area (Å²) in [5, 5.41) is 5.66. The molecule has 7 nitrogen and oxygen atoms in total. The smallest absolute Gasteiger partial charge is 0.324 e. The summed E-state index contributed by atoms with van der Waals surface area (Å²) in [5.41, 5.74) is 3.15. The van der Waals surface area contributed by atoms with E-state index in [-0.39, 0.29) is 17.8 Å². The first-order chi connectivity index (χ1) is 17.1. The van der Waals surface area contributed by atoms with E-state index < -0.39 is 17.6 Å². The van der Waals surface area contributed by atoms with Crippen LogP contribution >= 0.6 is 8.58 Å². The molecule has 2 heterocycles. The van der Waals surface area contributed by atoms with Crippen molar-refractivity contribution in [1.82, 2.24) is 15.0 Å². The van der Waals surface area contributed by atoms with Crippen LogP contribution in [0.4, 0.5) is 24.8 Å². The van der Waals surface area contributed by atoms with Crippen LogP contribution in [-0.4, -0.2) is 40.0 Å². The van der Waals surface area contributed by atoms with Crippen LogP contribution in [0.15, 0.2) is 65.7 Å². The van der Waals surface area contributed by atoms with Gasteiger partial charge in [-0.2, -0.15) is 13.2 Å². The zero-order valence-corrected chi connectivity index (χ0v) is 21.2. The predicted molar refractivity (Wildman–Crippen MR) is 139 cm³/mol. The minimum atomic E-state index is -4.54. The van der Waals surface area contributed by atoms with Crippen LogP contribution in [0, 0.1) is 6.92 Å². The highest BCUT2D eigenvalue weighted by atomic mass is 31.1. The molecule has 1 unspecified atom stereocenters. The van der Waals surface area contributed by atoms with Gasteiger partial charge in [0.15, 0.2) is 0 Å². The van der Waals surface area contributed by atoms with Gasteiger partial charge in [0, 0.05) is 30.7 Å². The standard InChI is InChI=1S/C25H26F3N6OP/c1-5-21(23(29-3)36-4)34-24-31-12-18(13-32-24)17-8-6-16(7-9-17)10-22(35)33-19-11-20(25(26,27)28)15(2)30-14-19/h5-9,11-14,36H,10H2,1-4H3,(H,33,35)(H,31,32,34)/b21-5+,29-23?. The van der Waals surface area contributed by atoms with Crippen molar-refractivity contribution in [1.29, 1.82) is 0 Å². The number of nitrogens with zero attached hydrogens (tertiary/aromatic N) is 4. The molecule has 0 aliphatic heterocycles. The molecule has 36 heavy (non-hydrogen) atoms. The molecule has 0 aliphatic rings. The molecular weight excluding hydrogens is 488 g/mol. The van der Waals surface area contributed by atoms with E-state index in [9.17, 15) is 18.0 Å². The number of nitrogens with one attached hydrogen (secondary N) is 2. The fourth-order valence-electron chi connectivity index (χ4n) is 3.39. The van der Waals surface area contributed by atoms with Gasteiger partial charge in [-0.3, -0.25) is 14.8 Å². The van der Waals surface area contributed by atoms with Crippen LogP contribution in [0.3, 0.4) is 0 Å². The third-order valence-corrected chi connectivity index (χ3v) is 6.20. The van der Waals surface area contributed by atoms with E-state index in [4.69, 9.17) is 0 Å². The Morgan fingerprint density at radius 1 is 1.06 bits per heavy atom. The predicted octanol–water partition coefficient (Wildman–Crippen LogP) is 5.70. The zero-order chi connectivity index (χ0) is 26.3. The quantitative estimate of drug-likeness (QED) is 0.297. The molecule has 1 atom stereocenters. The van der Waals surface area contributed by atoms with Crippen LogP contribution < -0.4 is 10.6 Å². The molecule has 1 aromatic carbocycles. The molecule has 11 heteroatoms. The number of amides is 1. The normalized spacial score (nSPS) is 12.8. The molecule has 188 valence electrons. The molecule has 2 N–H and O–H groups in total. The lowest BCUT2D eigenvalue weighted by atomic mass is 10.0. The Bertz CT molecular complexity index is 1270. The van der Waals surface area contributed by atoms with Gasteiger partial charge in [-0.1, -0.05) is 38.9 Å². The highest BCUT2D eigenvalue weighted by Crippen LogP contribution is 2.32. The van der Waals surface area contributed by atoms with Gasteiger partial charge in [0.2, 0.25) is 11.9 Å². The zero-order valence-electron chi connectivity index (χ0n) is 20.2. The van der Waals surface area contributed by atoms with E-state index in [1.807, 2.05) is 31.8 Å². The largest absolute Gasteiger partial charge is 0.418 e. The second-order valence-corrected chi connectivity index (χ2v) is 8.70. The summed E-state index contributed by atoms with van der Waals surface area (Å²) in [5.74, 6) is 0.0153. The van der Waals surface area contributed by atoms with Crippen molar-refractivity contribution in [3.8, 4) is 11.1 Å². The molecule has 0 radical (unpaired) electrons. The van der Waals surface area contributed by atoms with Crippen LogP contribution in [0.25, 0.3) is 11.1 Å². The topological polar surface area (TPSA) is 92.2 Å². The number of carbonyl (C=O) groups excluding carboxylic acids is 1. The van der Waals surface area contributed by atoms with E-state index in [1.54, 1.807) is 31.6 Å². The maximum Gasteiger partial charge on any atom is 0.418 e. The van der Waals surface area contributed by atoms with Gasteiger partial charge >= 0.3 is 6.18 Å². The van der Waals surface area contributed by atoms with Gasteiger partial charge in [0.25, 0.3) is 0 Å². The average molecular weight is 514 g/mol. The number of aromatic nitrogens is 3. The molecule has 0 saturated carbocycles. The summed E-state index contributed by atoms with van der Waals surface area (Å²) in [6.45, 7) is 5.24. The van der Waals surface area contributed by atoms with E-state index in [0.717, 1.165) is 28.3 Å². The van der Waals surface area contributed by atoms with Crippen molar-refractivity contribution >= 4 is 31.6 Å². The molecule has 0 fully saturated rings. The molecule has 0 aliphatic carbocycles. The Kier molecular flexibility index (Phi) is 8.88. The number of anilines is 2. The number of benzene rings is 1. The second-order valence-electron chi connectivity index (χ2n) is 7.72. The first-order valence-corrected chi connectivity index (χ1v) is 12.5. The lowest BCUT2D eigenvalue weighted by molar-refractivity contribution is -0.138. The summed E-state index contributed by atoms with van der Waals surface area (Å²) < 4.78 is 39.2. The van der Waals surface area contributed by atoms with E-state index in [2.05, 4.69) is 30.6 Å². The minimum absolute atomic E-state index is 0.000398. The lowest BCUT2D eigenvalue weighted by Gasteiger charge is -2.12. The van der Waals surface area contributed by atoms with Gasteiger partial charge in [-0.25, -0.2) is 9.97 Å². The van der Waals surface area contributed by atoms with E-state index in [1.165, 1.54) is 13.1 Å². The van der Waals surface area contributed by atoms with Crippen LogP contribution in [0.2, 0.25) is 0 Å². The Hall–Kier alpha value is -3.65. The number of halogens is 3. The number of rotatable bonds is 8. The number of carbonyl (C=O) groups is 1. The van der Waals surface area contributed by atoms with Crippen molar-refractivity contribution in [2.75, 3.05) is 24.3 Å². The Morgan fingerprint density at radius 2 is 1.72 bits per heavy atom. The molecule has 0 saturated heterocycles. The van der Waals surface area contributed by atoms with Crippen molar-refractivity contribution < 1.29 is 18.0 Å². The summed E-state index contributed by atoms with van der Waals surface area (Å²) >= 11 is 0.